The van der Waals surface area contributed by atoms with Gasteiger partial charge in [-0.15, -0.1) is 12.4 Å². The van der Waals surface area contributed by atoms with Gasteiger partial charge in [0.25, 0.3) is 0 Å². The van der Waals surface area contributed by atoms with Gasteiger partial charge in [0.15, 0.2) is 0 Å². The number of rotatable bonds is 6. The second kappa shape index (κ2) is 8.29. The number of benzene rings is 2. The molecule has 1 atom stereocenters. The third-order valence-electron chi connectivity index (χ3n) is 3.15. The first-order chi connectivity index (χ1) is 10.0. The molecule has 0 aliphatic heterocycles. The van der Waals surface area contributed by atoms with Gasteiger partial charge in [0.05, 0.1) is 4.90 Å². The molecule has 0 bridgehead atoms. The van der Waals surface area contributed by atoms with Gasteiger partial charge in [0.1, 0.15) is 0 Å². The molecule has 4 nitrogen and oxygen atoms in total. The van der Waals surface area contributed by atoms with Gasteiger partial charge in [-0.2, -0.15) is 0 Å². The quantitative estimate of drug-likeness (QED) is 0.849. The van der Waals surface area contributed by atoms with Crippen molar-refractivity contribution >= 4 is 22.4 Å². The Balaban J connectivity index is 0.00000242. The first-order valence-corrected chi connectivity index (χ1v) is 8.39. The van der Waals surface area contributed by atoms with Crippen LogP contribution in [0.4, 0.5) is 0 Å². The minimum absolute atomic E-state index is 0. The van der Waals surface area contributed by atoms with Crippen LogP contribution in [-0.4, -0.2) is 21.0 Å². The minimum atomic E-state index is -3.54. The molecule has 0 aliphatic rings. The summed E-state index contributed by atoms with van der Waals surface area (Å²) in [7, 11) is -3.54. The minimum Gasteiger partial charge on any atom is -0.328 e. The van der Waals surface area contributed by atoms with E-state index in [1.807, 2.05) is 49.4 Å². The van der Waals surface area contributed by atoms with Crippen molar-refractivity contribution in [1.82, 2.24) is 4.72 Å². The lowest BCUT2D eigenvalue weighted by molar-refractivity contribution is 0.572. The van der Waals surface area contributed by atoms with E-state index < -0.39 is 10.0 Å². The van der Waals surface area contributed by atoms with E-state index in [0.717, 1.165) is 5.56 Å². The SMILES string of the molecule is CC(N)CCNS(=O)(=O)c1ccccc1-c1ccccc1.Cl. The highest BCUT2D eigenvalue weighted by Gasteiger charge is 2.18. The second-order valence-corrected chi connectivity index (χ2v) is 6.76. The molecule has 0 saturated carbocycles. The molecule has 0 fully saturated rings. The summed E-state index contributed by atoms with van der Waals surface area (Å²) in [6.45, 7) is 2.19. The van der Waals surface area contributed by atoms with Gasteiger partial charge >= 0.3 is 0 Å². The Hall–Kier alpha value is -1.40. The van der Waals surface area contributed by atoms with E-state index in [9.17, 15) is 8.42 Å². The number of nitrogens with one attached hydrogen (secondary N) is 1. The molecule has 0 aliphatic carbocycles. The largest absolute Gasteiger partial charge is 0.328 e. The summed E-state index contributed by atoms with van der Waals surface area (Å²) >= 11 is 0. The number of sulfonamides is 1. The summed E-state index contributed by atoms with van der Waals surface area (Å²) in [5, 5.41) is 0. The maximum Gasteiger partial charge on any atom is 0.241 e. The van der Waals surface area contributed by atoms with Gasteiger partial charge in [-0.25, -0.2) is 13.1 Å². The second-order valence-electron chi connectivity index (χ2n) is 5.03. The fourth-order valence-corrected chi connectivity index (χ4v) is 3.33. The lowest BCUT2D eigenvalue weighted by Gasteiger charge is -2.12. The number of nitrogens with two attached hydrogens (primary N) is 1. The topological polar surface area (TPSA) is 72.2 Å². The van der Waals surface area contributed by atoms with E-state index in [4.69, 9.17) is 5.73 Å². The van der Waals surface area contributed by atoms with E-state index >= 15 is 0 Å². The molecule has 2 aromatic rings. The van der Waals surface area contributed by atoms with Gasteiger partial charge in [-0.1, -0.05) is 48.5 Å². The summed E-state index contributed by atoms with van der Waals surface area (Å²) in [5.41, 5.74) is 7.23. The Morgan fingerprint density at radius 3 is 2.27 bits per heavy atom. The fourth-order valence-electron chi connectivity index (χ4n) is 2.06. The summed E-state index contributed by atoms with van der Waals surface area (Å²) in [5.74, 6) is 0. The predicted octanol–water partition coefficient (Wildman–Crippen LogP) is 2.79. The van der Waals surface area contributed by atoms with Crippen molar-refractivity contribution in [2.75, 3.05) is 6.54 Å². The zero-order chi connectivity index (χ0) is 15.3. The summed E-state index contributed by atoms with van der Waals surface area (Å²) < 4.78 is 27.5. The zero-order valence-corrected chi connectivity index (χ0v) is 14.0. The highest BCUT2D eigenvalue weighted by molar-refractivity contribution is 7.89. The van der Waals surface area contributed by atoms with Gasteiger partial charge in [0, 0.05) is 18.2 Å². The molecule has 0 spiro atoms. The van der Waals surface area contributed by atoms with Crippen LogP contribution in [0.25, 0.3) is 11.1 Å². The highest BCUT2D eigenvalue weighted by Crippen LogP contribution is 2.26. The highest BCUT2D eigenvalue weighted by atomic mass is 35.5. The molecule has 1 unspecified atom stereocenters. The molecular weight excluding hydrogens is 320 g/mol. The van der Waals surface area contributed by atoms with Gasteiger partial charge in [-0.3, -0.25) is 0 Å². The van der Waals surface area contributed by atoms with Crippen molar-refractivity contribution in [1.29, 1.82) is 0 Å². The molecule has 22 heavy (non-hydrogen) atoms. The normalized spacial score (nSPS) is 12.5. The summed E-state index contributed by atoms with van der Waals surface area (Å²) in [4.78, 5) is 0.292. The molecule has 6 heteroatoms. The Labute approximate surface area is 138 Å². The zero-order valence-electron chi connectivity index (χ0n) is 12.4. The molecule has 0 aromatic heterocycles. The van der Waals surface area contributed by atoms with Crippen molar-refractivity contribution in [3.05, 3.63) is 54.6 Å². The van der Waals surface area contributed by atoms with E-state index in [-0.39, 0.29) is 18.4 Å². The molecular formula is C16H21ClN2O2S. The van der Waals surface area contributed by atoms with Gasteiger partial charge < -0.3 is 5.73 Å². The molecule has 120 valence electrons. The molecule has 0 radical (unpaired) electrons. The number of hydrogen-bond acceptors (Lipinski definition) is 3. The molecule has 0 amide bonds. The van der Waals surface area contributed by atoms with Crippen molar-refractivity contribution in [2.45, 2.75) is 24.3 Å². The monoisotopic (exact) mass is 340 g/mol. The molecule has 3 N–H and O–H groups in total. The van der Waals surface area contributed by atoms with Crippen LogP contribution in [0.5, 0.6) is 0 Å². The van der Waals surface area contributed by atoms with Crippen LogP contribution in [0, 0.1) is 0 Å². The molecule has 0 saturated heterocycles. The van der Waals surface area contributed by atoms with Crippen molar-refractivity contribution in [3.63, 3.8) is 0 Å². The van der Waals surface area contributed by atoms with Gasteiger partial charge in [-0.05, 0) is 25.0 Å². The van der Waals surface area contributed by atoms with E-state index in [1.165, 1.54) is 0 Å². The van der Waals surface area contributed by atoms with Crippen molar-refractivity contribution in [2.24, 2.45) is 5.73 Å². The Kier molecular flexibility index (Phi) is 7.03. The predicted molar refractivity (Wildman–Crippen MR) is 92.6 cm³/mol. The standard InChI is InChI=1S/C16H20N2O2S.ClH/c1-13(17)11-12-18-21(19,20)16-10-6-5-9-15(16)14-7-3-2-4-8-14;/h2-10,13,18H,11-12,17H2,1H3;1H. The number of halogens is 1. The first-order valence-electron chi connectivity index (χ1n) is 6.90. The van der Waals surface area contributed by atoms with Crippen LogP contribution in [0.1, 0.15) is 13.3 Å². The molecule has 0 heterocycles. The van der Waals surface area contributed by atoms with E-state index in [0.29, 0.717) is 23.4 Å². The molecule has 2 rings (SSSR count). The Morgan fingerprint density at radius 2 is 1.64 bits per heavy atom. The van der Waals surface area contributed by atoms with Crippen LogP contribution in [0.3, 0.4) is 0 Å². The van der Waals surface area contributed by atoms with E-state index in [1.54, 1.807) is 12.1 Å². The average molecular weight is 341 g/mol. The number of hydrogen-bond donors (Lipinski definition) is 2. The summed E-state index contributed by atoms with van der Waals surface area (Å²) in [6, 6.07) is 16.5. The lowest BCUT2D eigenvalue weighted by Crippen LogP contribution is -2.29. The van der Waals surface area contributed by atoms with Crippen molar-refractivity contribution < 1.29 is 8.42 Å². The van der Waals surface area contributed by atoms with Crippen molar-refractivity contribution in [3.8, 4) is 11.1 Å². The van der Waals surface area contributed by atoms with Crippen LogP contribution < -0.4 is 10.5 Å². The average Bonchev–Trinajstić information content (AvgIpc) is 2.47. The Morgan fingerprint density at radius 1 is 1.05 bits per heavy atom. The van der Waals surface area contributed by atoms with Gasteiger partial charge in [0.2, 0.25) is 10.0 Å². The van der Waals surface area contributed by atoms with Crippen LogP contribution >= 0.6 is 12.4 Å². The maximum atomic E-state index is 12.5. The third-order valence-corrected chi connectivity index (χ3v) is 4.67. The third kappa shape index (κ3) is 4.81. The van der Waals surface area contributed by atoms with E-state index in [2.05, 4.69) is 4.72 Å². The fraction of sp³-hybridized carbons (Fsp3) is 0.250. The van der Waals surface area contributed by atoms with Crippen LogP contribution in [0.2, 0.25) is 0 Å². The molecule has 2 aromatic carbocycles. The Bertz CT molecular complexity index is 688. The first kappa shape index (κ1) is 18.6. The maximum absolute atomic E-state index is 12.5. The lowest BCUT2D eigenvalue weighted by atomic mass is 10.1. The van der Waals surface area contributed by atoms with Crippen LogP contribution in [0.15, 0.2) is 59.5 Å². The smallest absolute Gasteiger partial charge is 0.241 e. The summed E-state index contributed by atoms with van der Waals surface area (Å²) in [6.07, 6.45) is 0.604. The van der Waals surface area contributed by atoms with Crippen LogP contribution in [-0.2, 0) is 10.0 Å².